The van der Waals surface area contributed by atoms with Gasteiger partial charge in [-0.1, -0.05) is 68.4 Å². The van der Waals surface area contributed by atoms with Crippen LogP contribution in [0.4, 0.5) is 0 Å². The summed E-state index contributed by atoms with van der Waals surface area (Å²) in [6.45, 7) is 6.17. The number of benzene rings is 3. The third-order valence-electron chi connectivity index (χ3n) is 6.36. The number of ether oxygens (including phenoxy) is 2. The zero-order chi connectivity index (χ0) is 23.4. The maximum atomic E-state index is 13.0. The van der Waals surface area contributed by atoms with Gasteiger partial charge in [-0.15, -0.1) is 0 Å². The largest absolute Gasteiger partial charge is 0.455 e. The van der Waals surface area contributed by atoms with Crippen molar-refractivity contribution in [1.29, 1.82) is 0 Å². The first kappa shape index (κ1) is 22.8. The highest BCUT2D eigenvalue weighted by Crippen LogP contribution is 2.42. The maximum absolute atomic E-state index is 13.0. The SMILES string of the molecule is CC(C)c1cccc2c1[C@H](C(OC(=O)c1ccccc1)[C@H](C)OC(=O)c1ccccc1)CC2. The van der Waals surface area contributed by atoms with Crippen LogP contribution < -0.4 is 0 Å². The normalized spacial score (nSPS) is 16.7. The summed E-state index contributed by atoms with van der Waals surface area (Å²) < 4.78 is 11.9. The fraction of sp³-hybridized carbons (Fsp3) is 0.310. The Kier molecular flexibility index (Phi) is 6.93. The van der Waals surface area contributed by atoms with E-state index in [0.29, 0.717) is 17.0 Å². The molecule has 0 saturated carbocycles. The Morgan fingerprint density at radius 3 is 1.91 bits per heavy atom. The van der Waals surface area contributed by atoms with Crippen molar-refractivity contribution in [3.05, 3.63) is 107 Å². The minimum atomic E-state index is -0.610. The van der Waals surface area contributed by atoms with Crippen molar-refractivity contribution in [1.82, 2.24) is 0 Å². The number of hydrogen-bond acceptors (Lipinski definition) is 4. The molecule has 170 valence electrons. The minimum Gasteiger partial charge on any atom is -0.455 e. The maximum Gasteiger partial charge on any atom is 0.338 e. The molecule has 4 nitrogen and oxygen atoms in total. The van der Waals surface area contributed by atoms with Crippen molar-refractivity contribution in [2.24, 2.45) is 0 Å². The van der Waals surface area contributed by atoms with Gasteiger partial charge in [0.15, 0.2) is 0 Å². The van der Waals surface area contributed by atoms with Crippen LogP contribution in [0.2, 0.25) is 0 Å². The molecule has 1 unspecified atom stereocenters. The quantitative estimate of drug-likeness (QED) is 0.402. The van der Waals surface area contributed by atoms with Crippen LogP contribution in [0.1, 0.15) is 76.4 Å². The first-order chi connectivity index (χ1) is 16.0. The van der Waals surface area contributed by atoms with Crippen molar-refractivity contribution < 1.29 is 19.1 Å². The van der Waals surface area contributed by atoms with E-state index in [2.05, 4.69) is 32.0 Å². The summed E-state index contributed by atoms with van der Waals surface area (Å²) in [4.78, 5) is 25.8. The van der Waals surface area contributed by atoms with E-state index in [4.69, 9.17) is 9.47 Å². The molecule has 1 aliphatic carbocycles. The van der Waals surface area contributed by atoms with Crippen molar-refractivity contribution >= 4 is 11.9 Å². The first-order valence-corrected chi connectivity index (χ1v) is 11.6. The average Bonchev–Trinajstić information content (AvgIpc) is 3.27. The van der Waals surface area contributed by atoms with Crippen LogP contribution in [0.15, 0.2) is 78.9 Å². The van der Waals surface area contributed by atoms with E-state index in [-0.39, 0.29) is 5.92 Å². The van der Waals surface area contributed by atoms with Crippen LogP contribution in [-0.4, -0.2) is 24.1 Å². The van der Waals surface area contributed by atoms with Crippen molar-refractivity contribution in [3.8, 4) is 0 Å². The fourth-order valence-corrected chi connectivity index (χ4v) is 4.74. The Balaban J connectivity index is 1.66. The fourth-order valence-electron chi connectivity index (χ4n) is 4.74. The molecule has 0 bridgehead atoms. The van der Waals surface area contributed by atoms with Crippen LogP contribution in [0.25, 0.3) is 0 Å². The van der Waals surface area contributed by atoms with Gasteiger partial charge in [-0.3, -0.25) is 0 Å². The summed E-state index contributed by atoms with van der Waals surface area (Å²) in [7, 11) is 0. The molecule has 0 aliphatic heterocycles. The zero-order valence-corrected chi connectivity index (χ0v) is 19.4. The highest BCUT2D eigenvalue weighted by Gasteiger charge is 2.39. The third-order valence-corrected chi connectivity index (χ3v) is 6.36. The van der Waals surface area contributed by atoms with E-state index in [1.807, 2.05) is 31.2 Å². The molecule has 0 amide bonds. The zero-order valence-electron chi connectivity index (χ0n) is 19.4. The summed E-state index contributed by atoms with van der Waals surface area (Å²) >= 11 is 0. The number of rotatable bonds is 7. The van der Waals surface area contributed by atoms with Crippen LogP contribution in [0.5, 0.6) is 0 Å². The lowest BCUT2D eigenvalue weighted by molar-refractivity contribution is -0.0389. The van der Waals surface area contributed by atoms with E-state index in [1.165, 1.54) is 16.7 Å². The molecule has 3 aromatic rings. The summed E-state index contributed by atoms with van der Waals surface area (Å²) in [6, 6.07) is 24.3. The molecule has 0 radical (unpaired) electrons. The lowest BCUT2D eigenvalue weighted by atomic mass is 9.85. The number of hydrogen-bond donors (Lipinski definition) is 0. The number of carbonyl (C=O) groups is 2. The van der Waals surface area contributed by atoms with Crippen LogP contribution in [-0.2, 0) is 15.9 Å². The number of fused-ring (bicyclic) bond motifs is 1. The smallest absolute Gasteiger partial charge is 0.338 e. The average molecular weight is 443 g/mol. The lowest BCUT2D eigenvalue weighted by Crippen LogP contribution is -2.37. The van der Waals surface area contributed by atoms with E-state index < -0.39 is 24.1 Å². The van der Waals surface area contributed by atoms with E-state index in [1.54, 1.807) is 36.4 Å². The monoisotopic (exact) mass is 442 g/mol. The van der Waals surface area contributed by atoms with Gasteiger partial charge in [0.1, 0.15) is 12.2 Å². The second kappa shape index (κ2) is 10.0. The van der Waals surface area contributed by atoms with E-state index in [0.717, 1.165) is 12.8 Å². The van der Waals surface area contributed by atoms with E-state index >= 15 is 0 Å². The highest BCUT2D eigenvalue weighted by atomic mass is 16.6. The van der Waals surface area contributed by atoms with Crippen LogP contribution >= 0.6 is 0 Å². The molecule has 4 heteroatoms. The van der Waals surface area contributed by atoms with Gasteiger partial charge in [0.05, 0.1) is 11.1 Å². The Labute approximate surface area is 195 Å². The molecule has 0 aromatic heterocycles. The Morgan fingerprint density at radius 2 is 1.33 bits per heavy atom. The Morgan fingerprint density at radius 1 is 0.758 bits per heavy atom. The van der Waals surface area contributed by atoms with Crippen molar-refractivity contribution in [3.63, 3.8) is 0 Å². The molecule has 0 heterocycles. The molecular weight excluding hydrogens is 412 g/mol. The Hall–Kier alpha value is -3.40. The van der Waals surface area contributed by atoms with Gasteiger partial charge in [-0.05, 0) is 66.6 Å². The summed E-state index contributed by atoms with van der Waals surface area (Å²) in [5, 5.41) is 0. The predicted molar refractivity (Wildman–Crippen MR) is 129 cm³/mol. The van der Waals surface area contributed by atoms with Gasteiger partial charge in [0, 0.05) is 5.92 Å². The molecular formula is C29H30O4. The van der Waals surface area contributed by atoms with Gasteiger partial charge in [0.25, 0.3) is 0 Å². The topological polar surface area (TPSA) is 52.6 Å². The predicted octanol–water partition coefficient (Wildman–Crippen LogP) is 6.31. The number of carbonyl (C=O) groups excluding carboxylic acids is 2. The molecule has 0 spiro atoms. The van der Waals surface area contributed by atoms with Gasteiger partial charge in [-0.25, -0.2) is 9.59 Å². The standard InChI is InChI=1S/C29H30O4/c1-19(2)24-16-10-15-21-17-18-25(26(21)24)27(33-29(31)23-13-8-5-9-14-23)20(3)32-28(30)22-11-6-4-7-12-22/h4-16,19-20,25,27H,17-18H2,1-3H3/t20-,25+,27?/m0/s1. The molecule has 33 heavy (non-hydrogen) atoms. The highest BCUT2D eigenvalue weighted by molar-refractivity contribution is 5.90. The second-order valence-corrected chi connectivity index (χ2v) is 8.93. The van der Waals surface area contributed by atoms with Crippen molar-refractivity contribution in [2.45, 2.75) is 57.7 Å². The van der Waals surface area contributed by atoms with Gasteiger partial charge < -0.3 is 9.47 Å². The number of esters is 2. The number of aryl methyl sites for hydroxylation is 1. The Bertz CT molecular complexity index is 1100. The lowest BCUT2D eigenvalue weighted by Gasteiger charge is -2.31. The van der Waals surface area contributed by atoms with E-state index in [9.17, 15) is 9.59 Å². The van der Waals surface area contributed by atoms with Gasteiger partial charge in [-0.2, -0.15) is 0 Å². The molecule has 4 rings (SSSR count). The summed E-state index contributed by atoms with van der Waals surface area (Å²) in [5.74, 6) is -0.518. The molecule has 3 atom stereocenters. The molecule has 0 saturated heterocycles. The van der Waals surface area contributed by atoms with Crippen LogP contribution in [0.3, 0.4) is 0 Å². The summed E-state index contributed by atoms with van der Waals surface area (Å²) in [6.07, 6.45) is 0.561. The summed E-state index contributed by atoms with van der Waals surface area (Å²) in [5.41, 5.74) is 4.75. The van der Waals surface area contributed by atoms with Crippen molar-refractivity contribution in [2.75, 3.05) is 0 Å². The minimum absolute atomic E-state index is 0.0372. The molecule has 0 N–H and O–H groups in total. The van der Waals surface area contributed by atoms with Gasteiger partial charge >= 0.3 is 11.9 Å². The van der Waals surface area contributed by atoms with Gasteiger partial charge in [0.2, 0.25) is 0 Å². The van der Waals surface area contributed by atoms with Crippen LogP contribution in [0, 0.1) is 0 Å². The first-order valence-electron chi connectivity index (χ1n) is 11.6. The molecule has 0 fully saturated rings. The second-order valence-electron chi connectivity index (χ2n) is 8.93. The molecule has 1 aliphatic rings. The molecule has 3 aromatic carbocycles. The third kappa shape index (κ3) is 5.00.